The highest BCUT2D eigenvalue weighted by Gasteiger charge is 2.32. The van der Waals surface area contributed by atoms with Crippen LogP contribution in [-0.2, 0) is 25.0 Å². The lowest BCUT2D eigenvalue weighted by Crippen LogP contribution is -2.25. The predicted molar refractivity (Wildman–Crippen MR) is 101 cm³/mol. The molecule has 0 spiro atoms. The van der Waals surface area contributed by atoms with Gasteiger partial charge in [-0.25, -0.2) is 4.79 Å². The largest absolute Gasteiger partial charge is 0.441 e. The van der Waals surface area contributed by atoms with Gasteiger partial charge in [-0.3, -0.25) is 9.11 Å². The van der Waals surface area contributed by atoms with Gasteiger partial charge in [-0.15, -0.1) is 0 Å². The summed E-state index contributed by atoms with van der Waals surface area (Å²) < 4.78 is 27.2. The van der Waals surface area contributed by atoms with Crippen LogP contribution in [0, 0.1) is 0 Å². The van der Waals surface area contributed by atoms with Crippen molar-refractivity contribution in [3.63, 3.8) is 0 Å². The minimum atomic E-state index is -0.896. The molecule has 1 unspecified atom stereocenters. The third kappa shape index (κ3) is 4.84. The van der Waals surface area contributed by atoms with Gasteiger partial charge in [0, 0.05) is 29.9 Å². The van der Waals surface area contributed by atoms with Crippen LogP contribution in [-0.4, -0.2) is 55.0 Å². The number of carbonyl (C=O) groups is 1. The Labute approximate surface area is 157 Å². The second kappa shape index (κ2) is 8.97. The molecular formula is C19H27NO5S. The predicted octanol–water partition coefficient (Wildman–Crippen LogP) is 3.04. The molecule has 7 heteroatoms. The van der Waals surface area contributed by atoms with Crippen LogP contribution in [0.2, 0.25) is 0 Å². The molecule has 26 heavy (non-hydrogen) atoms. The lowest BCUT2D eigenvalue weighted by molar-refractivity contribution is 0.0540. The first kappa shape index (κ1) is 19.3. The maximum absolute atomic E-state index is 12.0. The van der Waals surface area contributed by atoms with Crippen molar-refractivity contribution in [3.8, 4) is 0 Å². The van der Waals surface area contributed by atoms with Crippen molar-refractivity contribution in [2.45, 2.75) is 43.8 Å². The standard InChI is InChI=1S/C19H27NO5S/c1-23-12-18-11-20(19(21)25-18)16-7-3-14(4-8-16)15-5-9-17(10-6-15)24-13-26(2)22/h3-4,7-8,15,17-18H,5-6,9-13H2,1-2H3/t15?,17?,18?,26-/m1/s1. The lowest BCUT2D eigenvalue weighted by atomic mass is 9.82. The van der Waals surface area contributed by atoms with Crippen molar-refractivity contribution in [2.24, 2.45) is 0 Å². The highest BCUT2D eigenvalue weighted by atomic mass is 32.2. The van der Waals surface area contributed by atoms with E-state index in [0.29, 0.717) is 25.0 Å². The van der Waals surface area contributed by atoms with E-state index in [9.17, 15) is 9.00 Å². The fourth-order valence-electron chi connectivity index (χ4n) is 3.69. The van der Waals surface area contributed by atoms with E-state index < -0.39 is 10.8 Å². The third-order valence-corrected chi connectivity index (χ3v) is 5.51. The molecule has 1 amide bonds. The van der Waals surface area contributed by atoms with Crippen molar-refractivity contribution in [1.82, 2.24) is 0 Å². The topological polar surface area (TPSA) is 65.1 Å². The average molecular weight is 381 g/mol. The summed E-state index contributed by atoms with van der Waals surface area (Å²) in [5.74, 6) is 0.850. The van der Waals surface area contributed by atoms with Crippen LogP contribution < -0.4 is 4.90 Å². The molecule has 3 rings (SSSR count). The van der Waals surface area contributed by atoms with E-state index in [1.807, 2.05) is 12.1 Å². The SMILES string of the molecule is COCC1CN(c2ccc(C3CCC(OC[S@@](C)=O)CC3)cc2)C(=O)O1. The van der Waals surface area contributed by atoms with Crippen molar-refractivity contribution in [1.29, 1.82) is 0 Å². The molecule has 1 aliphatic heterocycles. The first-order chi connectivity index (χ1) is 12.6. The zero-order valence-corrected chi connectivity index (χ0v) is 16.2. The van der Waals surface area contributed by atoms with Gasteiger partial charge >= 0.3 is 6.09 Å². The number of ether oxygens (including phenoxy) is 3. The monoisotopic (exact) mass is 381 g/mol. The van der Waals surface area contributed by atoms with E-state index >= 15 is 0 Å². The van der Waals surface area contributed by atoms with Gasteiger partial charge in [0.25, 0.3) is 0 Å². The second-order valence-corrected chi connectivity index (χ2v) is 8.38. The molecule has 144 valence electrons. The summed E-state index contributed by atoms with van der Waals surface area (Å²) in [5, 5.41) is 0. The van der Waals surface area contributed by atoms with Gasteiger partial charge in [-0.1, -0.05) is 12.1 Å². The van der Waals surface area contributed by atoms with Crippen LogP contribution in [0.5, 0.6) is 0 Å². The molecule has 1 aromatic carbocycles. The molecule has 0 aromatic heterocycles. The number of amides is 1. The Morgan fingerprint density at radius 1 is 1.19 bits per heavy atom. The number of cyclic esters (lactones) is 1. The van der Waals surface area contributed by atoms with E-state index in [1.54, 1.807) is 18.3 Å². The van der Waals surface area contributed by atoms with Crippen LogP contribution >= 0.6 is 0 Å². The molecule has 0 radical (unpaired) electrons. The molecule has 6 nitrogen and oxygen atoms in total. The summed E-state index contributed by atoms with van der Waals surface area (Å²) >= 11 is 0. The van der Waals surface area contributed by atoms with Crippen LogP contribution in [0.1, 0.15) is 37.2 Å². The Bertz CT molecular complexity index is 627. The van der Waals surface area contributed by atoms with E-state index in [0.717, 1.165) is 31.4 Å². The molecule has 2 atom stereocenters. The fourth-order valence-corrected chi connectivity index (χ4v) is 4.07. The zero-order chi connectivity index (χ0) is 18.5. The minimum Gasteiger partial charge on any atom is -0.441 e. The van der Waals surface area contributed by atoms with Gasteiger partial charge < -0.3 is 14.2 Å². The number of carbonyl (C=O) groups excluding carboxylic acids is 1. The molecule has 1 saturated carbocycles. The number of rotatable bonds is 7. The molecular weight excluding hydrogens is 354 g/mol. The van der Waals surface area contributed by atoms with Gasteiger partial charge in [0.2, 0.25) is 0 Å². The number of hydrogen-bond donors (Lipinski definition) is 0. The highest BCUT2D eigenvalue weighted by molar-refractivity contribution is 7.84. The maximum atomic E-state index is 12.0. The summed E-state index contributed by atoms with van der Waals surface area (Å²) in [5.41, 5.74) is 2.16. The van der Waals surface area contributed by atoms with Crippen molar-refractivity contribution in [3.05, 3.63) is 29.8 Å². The van der Waals surface area contributed by atoms with Crippen LogP contribution in [0.15, 0.2) is 24.3 Å². The Morgan fingerprint density at radius 2 is 1.88 bits per heavy atom. The van der Waals surface area contributed by atoms with Crippen molar-refractivity contribution >= 4 is 22.6 Å². The van der Waals surface area contributed by atoms with Gasteiger partial charge in [0.05, 0.1) is 19.3 Å². The number of hydrogen-bond acceptors (Lipinski definition) is 5. The molecule has 0 N–H and O–H groups in total. The van der Waals surface area contributed by atoms with Crippen LogP contribution in [0.4, 0.5) is 10.5 Å². The van der Waals surface area contributed by atoms with Crippen LogP contribution in [0.3, 0.4) is 0 Å². The molecule has 1 aromatic rings. The Morgan fingerprint density at radius 3 is 2.50 bits per heavy atom. The molecule has 2 fully saturated rings. The molecule has 0 bridgehead atoms. The molecule has 1 aliphatic carbocycles. The summed E-state index contributed by atoms with van der Waals surface area (Å²) in [7, 11) is 0.708. The first-order valence-corrected chi connectivity index (χ1v) is 10.8. The van der Waals surface area contributed by atoms with E-state index in [4.69, 9.17) is 14.2 Å². The van der Waals surface area contributed by atoms with Gasteiger partial charge in [0.1, 0.15) is 12.0 Å². The number of nitrogens with zero attached hydrogens (tertiary/aromatic N) is 1. The zero-order valence-electron chi connectivity index (χ0n) is 15.4. The minimum absolute atomic E-state index is 0.208. The van der Waals surface area contributed by atoms with E-state index in [-0.39, 0.29) is 18.3 Å². The first-order valence-electron chi connectivity index (χ1n) is 9.05. The molecule has 2 aliphatic rings. The normalized spacial score (nSPS) is 27.4. The van der Waals surface area contributed by atoms with Crippen LogP contribution in [0.25, 0.3) is 0 Å². The second-order valence-electron chi connectivity index (χ2n) is 6.99. The Kier molecular flexibility index (Phi) is 6.67. The Hall–Kier alpha value is -1.44. The molecule has 1 saturated heterocycles. The van der Waals surface area contributed by atoms with E-state index in [2.05, 4.69) is 12.1 Å². The lowest BCUT2D eigenvalue weighted by Gasteiger charge is -2.28. The summed E-state index contributed by atoms with van der Waals surface area (Å²) in [6.07, 6.45) is 5.52. The van der Waals surface area contributed by atoms with Crippen molar-refractivity contribution < 1.29 is 23.2 Å². The third-order valence-electron chi connectivity index (χ3n) is 5.05. The smallest absolute Gasteiger partial charge is 0.414 e. The highest BCUT2D eigenvalue weighted by Crippen LogP contribution is 2.35. The summed E-state index contributed by atoms with van der Waals surface area (Å²) in [6.45, 7) is 0.935. The van der Waals surface area contributed by atoms with Gasteiger partial charge in [-0.2, -0.15) is 0 Å². The number of anilines is 1. The van der Waals surface area contributed by atoms with Gasteiger partial charge in [0.15, 0.2) is 0 Å². The number of benzene rings is 1. The molecule has 1 heterocycles. The van der Waals surface area contributed by atoms with Crippen molar-refractivity contribution in [2.75, 3.05) is 37.4 Å². The quantitative estimate of drug-likeness (QED) is 0.726. The van der Waals surface area contributed by atoms with Gasteiger partial charge in [-0.05, 0) is 49.3 Å². The average Bonchev–Trinajstić information content (AvgIpc) is 3.01. The number of methoxy groups -OCH3 is 1. The Balaban J connectivity index is 1.54. The fraction of sp³-hybridized carbons (Fsp3) is 0.632. The summed E-state index contributed by atoms with van der Waals surface area (Å²) in [6, 6.07) is 8.21. The van der Waals surface area contributed by atoms with E-state index in [1.165, 1.54) is 5.56 Å². The summed E-state index contributed by atoms with van der Waals surface area (Å²) in [4.78, 5) is 13.7. The maximum Gasteiger partial charge on any atom is 0.414 e.